The van der Waals surface area contributed by atoms with E-state index in [0.717, 1.165) is 10.8 Å². The van der Waals surface area contributed by atoms with Gasteiger partial charge in [0.1, 0.15) is 5.75 Å². The number of rotatable bonds is 5. The number of terminal acetylenes is 1. The van der Waals surface area contributed by atoms with E-state index in [1.54, 1.807) is 0 Å². The SMILES string of the molecule is C#CCCNC(=O)COc1ccc2ccccc2c1. The summed E-state index contributed by atoms with van der Waals surface area (Å²) in [4.78, 5) is 11.5. The number of amides is 1. The summed E-state index contributed by atoms with van der Waals surface area (Å²) in [5.74, 6) is 2.98. The maximum atomic E-state index is 11.5. The Morgan fingerprint density at radius 1 is 1.21 bits per heavy atom. The molecule has 0 unspecified atom stereocenters. The highest BCUT2D eigenvalue weighted by Gasteiger charge is 2.02. The molecule has 0 atom stereocenters. The van der Waals surface area contributed by atoms with Crippen molar-refractivity contribution >= 4 is 16.7 Å². The van der Waals surface area contributed by atoms with E-state index in [0.29, 0.717) is 18.7 Å². The number of hydrogen-bond donors (Lipinski definition) is 1. The summed E-state index contributed by atoms with van der Waals surface area (Å²) >= 11 is 0. The number of nitrogens with one attached hydrogen (secondary N) is 1. The Bertz CT molecular complexity index is 613. The van der Waals surface area contributed by atoms with E-state index in [1.807, 2.05) is 42.5 Å². The third-order valence-electron chi connectivity index (χ3n) is 2.68. The van der Waals surface area contributed by atoms with Crippen LogP contribution in [0.15, 0.2) is 42.5 Å². The smallest absolute Gasteiger partial charge is 0.257 e. The molecule has 0 bridgehead atoms. The van der Waals surface area contributed by atoms with Gasteiger partial charge >= 0.3 is 0 Å². The lowest BCUT2D eigenvalue weighted by Gasteiger charge is -2.07. The molecule has 0 heterocycles. The molecule has 0 saturated carbocycles. The minimum Gasteiger partial charge on any atom is -0.484 e. The van der Waals surface area contributed by atoms with Crippen molar-refractivity contribution in [3.8, 4) is 18.1 Å². The molecule has 0 aliphatic heterocycles. The Morgan fingerprint density at radius 2 is 2.00 bits per heavy atom. The van der Waals surface area contributed by atoms with Crippen LogP contribution >= 0.6 is 0 Å². The first-order chi connectivity index (χ1) is 9.29. The Kier molecular flexibility index (Phi) is 4.41. The maximum Gasteiger partial charge on any atom is 0.257 e. The van der Waals surface area contributed by atoms with E-state index in [2.05, 4.69) is 11.2 Å². The van der Waals surface area contributed by atoms with Crippen molar-refractivity contribution in [1.29, 1.82) is 0 Å². The molecule has 3 heteroatoms. The fraction of sp³-hybridized carbons (Fsp3) is 0.188. The zero-order chi connectivity index (χ0) is 13.5. The van der Waals surface area contributed by atoms with Gasteiger partial charge < -0.3 is 10.1 Å². The van der Waals surface area contributed by atoms with Crippen LogP contribution in [0.1, 0.15) is 6.42 Å². The van der Waals surface area contributed by atoms with Crippen molar-refractivity contribution in [1.82, 2.24) is 5.32 Å². The molecule has 2 rings (SSSR count). The van der Waals surface area contributed by atoms with Crippen LogP contribution in [0.25, 0.3) is 10.8 Å². The Balaban J connectivity index is 1.91. The van der Waals surface area contributed by atoms with Gasteiger partial charge in [0.05, 0.1) is 0 Å². The van der Waals surface area contributed by atoms with Gasteiger partial charge in [0.15, 0.2) is 6.61 Å². The minimum absolute atomic E-state index is 0.00289. The first kappa shape index (κ1) is 13.0. The second-order valence-corrected chi connectivity index (χ2v) is 4.10. The van der Waals surface area contributed by atoms with Crippen molar-refractivity contribution in [3.63, 3.8) is 0 Å². The summed E-state index contributed by atoms with van der Waals surface area (Å²) in [6.45, 7) is 0.485. The van der Waals surface area contributed by atoms with Crippen LogP contribution in [0.3, 0.4) is 0 Å². The van der Waals surface area contributed by atoms with Crippen LogP contribution in [0.2, 0.25) is 0 Å². The monoisotopic (exact) mass is 253 g/mol. The molecule has 0 aliphatic carbocycles. The van der Waals surface area contributed by atoms with E-state index in [1.165, 1.54) is 0 Å². The van der Waals surface area contributed by atoms with Crippen LogP contribution in [0.4, 0.5) is 0 Å². The first-order valence-electron chi connectivity index (χ1n) is 6.11. The van der Waals surface area contributed by atoms with Crippen molar-refractivity contribution in [2.24, 2.45) is 0 Å². The molecule has 19 heavy (non-hydrogen) atoms. The van der Waals surface area contributed by atoms with Gasteiger partial charge in [-0.05, 0) is 22.9 Å². The molecule has 0 aromatic heterocycles. The number of ether oxygens (including phenoxy) is 1. The van der Waals surface area contributed by atoms with Crippen molar-refractivity contribution in [2.75, 3.05) is 13.2 Å². The molecule has 0 fully saturated rings. The van der Waals surface area contributed by atoms with E-state index in [-0.39, 0.29) is 12.5 Å². The van der Waals surface area contributed by atoms with Crippen LogP contribution < -0.4 is 10.1 Å². The summed E-state index contributed by atoms with van der Waals surface area (Å²) in [5.41, 5.74) is 0. The van der Waals surface area contributed by atoms with Crippen LogP contribution in [0.5, 0.6) is 5.75 Å². The lowest BCUT2D eigenvalue weighted by molar-refractivity contribution is -0.123. The second-order valence-electron chi connectivity index (χ2n) is 4.10. The van der Waals surface area contributed by atoms with Gasteiger partial charge in [-0.15, -0.1) is 12.3 Å². The van der Waals surface area contributed by atoms with Gasteiger partial charge in [-0.3, -0.25) is 4.79 Å². The van der Waals surface area contributed by atoms with Crippen molar-refractivity contribution in [3.05, 3.63) is 42.5 Å². The zero-order valence-corrected chi connectivity index (χ0v) is 10.6. The van der Waals surface area contributed by atoms with E-state index < -0.39 is 0 Å². The lowest BCUT2D eigenvalue weighted by Crippen LogP contribution is -2.29. The van der Waals surface area contributed by atoms with Gasteiger partial charge in [0.25, 0.3) is 5.91 Å². The van der Waals surface area contributed by atoms with Gasteiger partial charge in [-0.1, -0.05) is 30.3 Å². The van der Waals surface area contributed by atoms with Gasteiger partial charge in [-0.25, -0.2) is 0 Å². The molecular weight excluding hydrogens is 238 g/mol. The quantitative estimate of drug-likeness (QED) is 0.656. The largest absolute Gasteiger partial charge is 0.484 e. The number of benzene rings is 2. The molecule has 2 aromatic carbocycles. The van der Waals surface area contributed by atoms with Crippen LogP contribution in [-0.4, -0.2) is 19.1 Å². The average molecular weight is 253 g/mol. The van der Waals surface area contributed by atoms with E-state index in [4.69, 9.17) is 11.2 Å². The Hall–Kier alpha value is -2.47. The fourth-order valence-corrected chi connectivity index (χ4v) is 1.73. The topological polar surface area (TPSA) is 38.3 Å². The molecule has 0 spiro atoms. The van der Waals surface area contributed by atoms with Crippen LogP contribution in [0, 0.1) is 12.3 Å². The third kappa shape index (κ3) is 3.75. The highest BCUT2D eigenvalue weighted by molar-refractivity contribution is 5.84. The highest BCUT2D eigenvalue weighted by Crippen LogP contribution is 2.20. The molecule has 0 aliphatic rings. The fourth-order valence-electron chi connectivity index (χ4n) is 1.73. The Morgan fingerprint density at radius 3 is 2.79 bits per heavy atom. The van der Waals surface area contributed by atoms with Gasteiger partial charge in [0.2, 0.25) is 0 Å². The number of carbonyl (C=O) groups is 1. The maximum absolute atomic E-state index is 11.5. The van der Waals surface area contributed by atoms with Crippen molar-refractivity contribution < 1.29 is 9.53 Å². The minimum atomic E-state index is -0.164. The second kappa shape index (κ2) is 6.46. The molecule has 1 amide bonds. The molecular formula is C16H15NO2. The standard InChI is InChI=1S/C16H15NO2/c1-2-3-10-17-16(18)12-19-15-9-8-13-6-4-5-7-14(13)11-15/h1,4-9,11H,3,10,12H2,(H,17,18). The number of carbonyl (C=O) groups excluding carboxylic acids is 1. The normalized spacial score (nSPS) is 9.84. The molecule has 3 nitrogen and oxygen atoms in total. The lowest BCUT2D eigenvalue weighted by atomic mass is 10.1. The molecule has 0 saturated heterocycles. The summed E-state index contributed by atoms with van der Waals surface area (Å²) in [6, 6.07) is 13.8. The molecule has 0 radical (unpaired) electrons. The van der Waals surface area contributed by atoms with Crippen molar-refractivity contribution in [2.45, 2.75) is 6.42 Å². The van der Waals surface area contributed by atoms with Gasteiger partial charge in [-0.2, -0.15) is 0 Å². The summed E-state index contributed by atoms with van der Waals surface area (Å²) in [5, 5.41) is 4.92. The molecule has 1 N–H and O–H groups in total. The van der Waals surface area contributed by atoms with Crippen LogP contribution in [-0.2, 0) is 4.79 Å². The predicted octanol–water partition coefficient (Wildman–Crippen LogP) is 2.36. The molecule has 96 valence electrons. The van der Waals surface area contributed by atoms with E-state index in [9.17, 15) is 4.79 Å². The first-order valence-corrected chi connectivity index (χ1v) is 6.11. The van der Waals surface area contributed by atoms with Gasteiger partial charge in [0, 0.05) is 13.0 Å². The van der Waals surface area contributed by atoms with E-state index >= 15 is 0 Å². The summed E-state index contributed by atoms with van der Waals surface area (Å²) < 4.78 is 5.44. The highest BCUT2D eigenvalue weighted by atomic mass is 16.5. The summed E-state index contributed by atoms with van der Waals surface area (Å²) in [7, 11) is 0. The summed E-state index contributed by atoms with van der Waals surface area (Å²) in [6.07, 6.45) is 5.63. The number of hydrogen-bond acceptors (Lipinski definition) is 2. The average Bonchev–Trinajstić information content (AvgIpc) is 2.45. The zero-order valence-electron chi connectivity index (χ0n) is 10.6. The predicted molar refractivity (Wildman–Crippen MR) is 75.9 cm³/mol. The number of fused-ring (bicyclic) bond motifs is 1. The Labute approximate surface area is 112 Å². The molecule has 2 aromatic rings. The third-order valence-corrected chi connectivity index (χ3v) is 2.68.